The highest BCUT2D eigenvalue weighted by Crippen LogP contribution is 2.35. The number of halogens is 3. The second-order valence-corrected chi connectivity index (χ2v) is 2.96. The van der Waals surface area contributed by atoms with Crippen molar-refractivity contribution in [3.8, 4) is 5.75 Å². The average molecular weight is 209 g/mol. The van der Waals surface area contributed by atoms with E-state index < -0.39 is 23.8 Å². The Morgan fingerprint density at radius 3 is 2.46 bits per heavy atom. The zero-order valence-electron chi connectivity index (χ0n) is 6.47. The molecule has 0 spiro atoms. The second-order valence-electron chi connectivity index (χ2n) is 2.52. The fourth-order valence-corrected chi connectivity index (χ4v) is 1.07. The Kier molecular flexibility index (Phi) is 2.73. The van der Waals surface area contributed by atoms with Crippen LogP contribution in [0.25, 0.3) is 0 Å². The minimum Gasteiger partial charge on any atom is -0.507 e. The Morgan fingerprint density at radius 2 is 2.00 bits per heavy atom. The zero-order chi connectivity index (χ0) is 10.1. The lowest BCUT2D eigenvalue weighted by Crippen LogP contribution is -2.18. The molecule has 0 aromatic heterocycles. The van der Waals surface area contributed by atoms with Gasteiger partial charge in [-0.3, -0.25) is 0 Å². The van der Waals surface area contributed by atoms with Crippen LogP contribution in [0.4, 0.5) is 8.78 Å². The average Bonchev–Trinajstić information content (AvgIpc) is 2.03. The van der Waals surface area contributed by atoms with Gasteiger partial charge in [-0.05, 0) is 18.2 Å². The largest absolute Gasteiger partial charge is 0.507 e. The number of aromatic hydroxyl groups is 1. The summed E-state index contributed by atoms with van der Waals surface area (Å²) in [6, 6.07) is 3.20. The van der Waals surface area contributed by atoms with Crippen LogP contribution >= 0.6 is 11.6 Å². The monoisotopic (exact) mass is 208 g/mol. The molecule has 1 rings (SSSR count). The van der Waals surface area contributed by atoms with Crippen LogP contribution in [0, 0.1) is 0 Å². The lowest BCUT2D eigenvalue weighted by Gasteiger charge is -2.14. The van der Waals surface area contributed by atoms with Crippen molar-refractivity contribution < 1.29 is 19.0 Å². The Hall–Kier alpha value is -0.870. The molecule has 1 aromatic carbocycles. The van der Waals surface area contributed by atoms with E-state index in [2.05, 4.69) is 0 Å². The SMILES string of the molecule is OCC(F)(F)c1ccc(Cl)cc1O. The van der Waals surface area contributed by atoms with E-state index in [1.165, 1.54) is 6.07 Å². The highest BCUT2D eigenvalue weighted by molar-refractivity contribution is 6.30. The van der Waals surface area contributed by atoms with E-state index in [0.29, 0.717) is 0 Å². The molecular weight excluding hydrogens is 202 g/mol. The van der Waals surface area contributed by atoms with Crippen LogP contribution in [-0.4, -0.2) is 16.8 Å². The Labute approximate surface area is 78.4 Å². The van der Waals surface area contributed by atoms with Crippen molar-refractivity contribution in [3.05, 3.63) is 28.8 Å². The fraction of sp³-hybridized carbons (Fsp3) is 0.250. The lowest BCUT2D eigenvalue weighted by atomic mass is 10.1. The molecule has 0 fully saturated rings. The molecule has 0 radical (unpaired) electrons. The molecule has 0 aliphatic heterocycles. The summed E-state index contributed by atoms with van der Waals surface area (Å²) >= 11 is 5.44. The first-order valence-electron chi connectivity index (χ1n) is 3.45. The molecule has 0 heterocycles. The third kappa shape index (κ3) is 2.08. The highest BCUT2D eigenvalue weighted by Gasteiger charge is 2.33. The maximum absolute atomic E-state index is 12.8. The van der Waals surface area contributed by atoms with Crippen molar-refractivity contribution in [2.75, 3.05) is 6.61 Å². The van der Waals surface area contributed by atoms with Crippen molar-refractivity contribution in [2.24, 2.45) is 0 Å². The van der Waals surface area contributed by atoms with Gasteiger partial charge in [-0.1, -0.05) is 11.6 Å². The van der Waals surface area contributed by atoms with E-state index >= 15 is 0 Å². The number of hydrogen-bond donors (Lipinski definition) is 2. The summed E-state index contributed by atoms with van der Waals surface area (Å²) in [5, 5.41) is 17.6. The smallest absolute Gasteiger partial charge is 0.299 e. The third-order valence-electron chi connectivity index (χ3n) is 1.55. The molecule has 0 saturated heterocycles. The number of benzene rings is 1. The number of alkyl halides is 2. The Bertz CT molecular complexity index is 315. The van der Waals surface area contributed by atoms with E-state index in [1.54, 1.807) is 0 Å². The summed E-state index contributed by atoms with van der Waals surface area (Å²) in [4.78, 5) is 0. The predicted octanol–water partition coefficient (Wildman–Crippen LogP) is 2.13. The molecule has 13 heavy (non-hydrogen) atoms. The molecule has 72 valence electrons. The van der Waals surface area contributed by atoms with Gasteiger partial charge in [0.1, 0.15) is 12.4 Å². The van der Waals surface area contributed by atoms with Gasteiger partial charge in [0.25, 0.3) is 5.92 Å². The first-order chi connectivity index (χ1) is 5.97. The van der Waals surface area contributed by atoms with Gasteiger partial charge in [0.05, 0.1) is 5.56 Å². The lowest BCUT2D eigenvalue weighted by molar-refractivity contribution is -0.0571. The van der Waals surface area contributed by atoms with E-state index in [-0.39, 0.29) is 5.02 Å². The maximum atomic E-state index is 12.8. The van der Waals surface area contributed by atoms with Gasteiger partial charge in [-0.15, -0.1) is 0 Å². The number of aliphatic hydroxyl groups is 1. The zero-order valence-corrected chi connectivity index (χ0v) is 7.22. The van der Waals surface area contributed by atoms with Crippen LogP contribution in [0.3, 0.4) is 0 Å². The van der Waals surface area contributed by atoms with Gasteiger partial charge in [0, 0.05) is 5.02 Å². The van der Waals surface area contributed by atoms with Crippen molar-refractivity contribution in [3.63, 3.8) is 0 Å². The molecule has 0 atom stereocenters. The molecule has 0 amide bonds. The third-order valence-corrected chi connectivity index (χ3v) is 1.79. The minimum atomic E-state index is -3.44. The van der Waals surface area contributed by atoms with E-state index in [1.807, 2.05) is 0 Å². The van der Waals surface area contributed by atoms with Crippen LogP contribution < -0.4 is 0 Å². The molecule has 5 heteroatoms. The summed E-state index contributed by atoms with van der Waals surface area (Å²) in [5.74, 6) is -4.05. The number of hydrogen-bond acceptors (Lipinski definition) is 2. The van der Waals surface area contributed by atoms with Gasteiger partial charge in [-0.25, -0.2) is 0 Å². The van der Waals surface area contributed by atoms with Crippen LogP contribution in [0.15, 0.2) is 18.2 Å². The van der Waals surface area contributed by atoms with Gasteiger partial charge in [-0.2, -0.15) is 8.78 Å². The van der Waals surface area contributed by atoms with E-state index in [0.717, 1.165) is 12.1 Å². The fourth-order valence-electron chi connectivity index (χ4n) is 0.899. The Morgan fingerprint density at radius 1 is 1.38 bits per heavy atom. The number of phenols is 1. The molecule has 2 nitrogen and oxygen atoms in total. The first kappa shape index (κ1) is 10.2. The maximum Gasteiger partial charge on any atom is 0.299 e. The van der Waals surface area contributed by atoms with Crippen LogP contribution in [0.1, 0.15) is 5.56 Å². The summed E-state index contributed by atoms with van der Waals surface area (Å²) < 4.78 is 25.6. The van der Waals surface area contributed by atoms with Crippen molar-refractivity contribution in [1.82, 2.24) is 0 Å². The Balaban J connectivity index is 3.16. The molecule has 0 aliphatic carbocycles. The standard InChI is InChI=1S/C8H7ClF2O2/c9-5-1-2-6(7(13)3-5)8(10,11)4-12/h1-3,12-13H,4H2. The first-order valence-corrected chi connectivity index (χ1v) is 3.83. The summed E-state index contributed by atoms with van der Waals surface area (Å²) in [6.45, 7) is -1.35. The molecular formula is C8H7ClF2O2. The predicted molar refractivity (Wildman–Crippen MR) is 44.1 cm³/mol. The topological polar surface area (TPSA) is 40.5 Å². The van der Waals surface area contributed by atoms with E-state index in [9.17, 15) is 8.78 Å². The van der Waals surface area contributed by atoms with Crippen molar-refractivity contribution in [1.29, 1.82) is 0 Å². The van der Waals surface area contributed by atoms with Crippen LogP contribution in [-0.2, 0) is 5.92 Å². The molecule has 0 bridgehead atoms. The van der Waals surface area contributed by atoms with Crippen molar-refractivity contribution >= 4 is 11.6 Å². The minimum absolute atomic E-state index is 0.162. The van der Waals surface area contributed by atoms with E-state index in [4.69, 9.17) is 21.8 Å². The molecule has 0 unspecified atom stereocenters. The molecule has 0 saturated carbocycles. The molecule has 0 aliphatic rings. The van der Waals surface area contributed by atoms with Gasteiger partial charge < -0.3 is 10.2 Å². The normalized spacial score (nSPS) is 11.7. The second kappa shape index (κ2) is 3.47. The van der Waals surface area contributed by atoms with Crippen LogP contribution in [0.2, 0.25) is 5.02 Å². The number of aliphatic hydroxyl groups excluding tert-OH is 1. The van der Waals surface area contributed by atoms with Gasteiger partial charge in [0.2, 0.25) is 0 Å². The quantitative estimate of drug-likeness (QED) is 0.782. The van der Waals surface area contributed by atoms with Gasteiger partial charge >= 0.3 is 0 Å². The summed E-state index contributed by atoms with van der Waals surface area (Å²) in [5.41, 5.74) is -0.626. The van der Waals surface area contributed by atoms with Crippen LogP contribution in [0.5, 0.6) is 5.75 Å². The number of rotatable bonds is 2. The summed E-state index contributed by atoms with van der Waals surface area (Å²) in [6.07, 6.45) is 0. The van der Waals surface area contributed by atoms with Crippen molar-refractivity contribution in [2.45, 2.75) is 5.92 Å². The molecule has 2 N–H and O–H groups in total. The highest BCUT2D eigenvalue weighted by atomic mass is 35.5. The molecule has 1 aromatic rings. The number of phenolic OH excluding ortho intramolecular Hbond substituents is 1. The summed E-state index contributed by atoms with van der Waals surface area (Å²) in [7, 11) is 0. The van der Waals surface area contributed by atoms with Gasteiger partial charge in [0.15, 0.2) is 0 Å².